The molecule has 0 bridgehead atoms. The Morgan fingerprint density at radius 1 is 1.31 bits per heavy atom. The molecule has 0 unspecified atom stereocenters. The zero-order chi connectivity index (χ0) is 9.47. The molecule has 1 aromatic carbocycles. The quantitative estimate of drug-likeness (QED) is 0.741. The average molecular weight is 183 g/mol. The summed E-state index contributed by atoms with van der Waals surface area (Å²) >= 11 is 0. The maximum Gasteiger partial charge on any atom is 0.163 e. The average Bonchev–Trinajstić information content (AvgIpc) is 2.90. The van der Waals surface area contributed by atoms with E-state index in [0.29, 0.717) is 5.56 Å². The Morgan fingerprint density at radius 3 is 2.54 bits per heavy atom. The molecule has 0 saturated heterocycles. The van der Waals surface area contributed by atoms with Crippen LogP contribution in [0.25, 0.3) is 0 Å². The van der Waals surface area contributed by atoms with Crippen molar-refractivity contribution in [3.8, 4) is 0 Å². The molecule has 1 nitrogen and oxygen atoms in total. The van der Waals surface area contributed by atoms with Crippen LogP contribution < -0.4 is 5.32 Å². The summed E-state index contributed by atoms with van der Waals surface area (Å²) in [6.45, 7) is 0. The van der Waals surface area contributed by atoms with Gasteiger partial charge in [0.1, 0.15) is 0 Å². The number of rotatable bonds is 2. The molecule has 3 heteroatoms. The van der Waals surface area contributed by atoms with Crippen LogP contribution in [-0.4, -0.2) is 7.05 Å². The van der Waals surface area contributed by atoms with E-state index in [4.69, 9.17) is 0 Å². The van der Waals surface area contributed by atoms with Crippen LogP contribution in [0.5, 0.6) is 0 Å². The van der Waals surface area contributed by atoms with Gasteiger partial charge in [0.15, 0.2) is 11.6 Å². The summed E-state index contributed by atoms with van der Waals surface area (Å²) in [5.74, 6) is -1.48. The van der Waals surface area contributed by atoms with E-state index in [9.17, 15) is 8.78 Å². The van der Waals surface area contributed by atoms with Crippen molar-refractivity contribution in [3.63, 3.8) is 0 Å². The minimum atomic E-state index is -0.765. The Morgan fingerprint density at radius 2 is 2.00 bits per heavy atom. The fourth-order valence-electron chi connectivity index (χ4n) is 1.65. The molecule has 0 atom stereocenters. The van der Waals surface area contributed by atoms with Crippen LogP contribution in [0.15, 0.2) is 18.2 Å². The van der Waals surface area contributed by atoms with Gasteiger partial charge in [-0.1, -0.05) is 12.1 Å². The van der Waals surface area contributed by atoms with Gasteiger partial charge >= 0.3 is 0 Å². The molecule has 2 rings (SSSR count). The second-order valence-electron chi connectivity index (χ2n) is 3.43. The number of halogens is 2. The molecule has 1 aliphatic carbocycles. The first-order valence-electron chi connectivity index (χ1n) is 4.33. The number of hydrogen-bond donors (Lipinski definition) is 1. The van der Waals surface area contributed by atoms with Gasteiger partial charge in [0.25, 0.3) is 0 Å². The Hall–Kier alpha value is -0.960. The number of benzene rings is 1. The second kappa shape index (κ2) is 2.77. The Balaban J connectivity index is 2.46. The van der Waals surface area contributed by atoms with Crippen molar-refractivity contribution in [1.82, 2.24) is 5.32 Å². The summed E-state index contributed by atoms with van der Waals surface area (Å²) in [7, 11) is 1.78. The molecule has 0 radical (unpaired) electrons. The van der Waals surface area contributed by atoms with Crippen molar-refractivity contribution >= 4 is 0 Å². The van der Waals surface area contributed by atoms with Crippen molar-refractivity contribution in [2.45, 2.75) is 18.4 Å². The predicted octanol–water partition coefficient (Wildman–Crippen LogP) is 2.17. The van der Waals surface area contributed by atoms with E-state index in [1.54, 1.807) is 19.2 Å². The van der Waals surface area contributed by atoms with Crippen molar-refractivity contribution in [3.05, 3.63) is 35.4 Å². The molecule has 0 amide bonds. The minimum absolute atomic E-state index is 0.299. The second-order valence-corrected chi connectivity index (χ2v) is 3.43. The highest BCUT2D eigenvalue weighted by Gasteiger charge is 2.44. The van der Waals surface area contributed by atoms with Gasteiger partial charge in [-0.3, -0.25) is 0 Å². The summed E-state index contributed by atoms with van der Waals surface area (Å²) in [6.07, 6.45) is 1.76. The molecule has 1 saturated carbocycles. The largest absolute Gasteiger partial charge is 0.310 e. The molecule has 0 aliphatic heterocycles. The highest BCUT2D eigenvalue weighted by atomic mass is 19.2. The van der Waals surface area contributed by atoms with Gasteiger partial charge < -0.3 is 5.32 Å². The summed E-state index contributed by atoms with van der Waals surface area (Å²) in [4.78, 5) is 0. The van der Waals surface area contributed by atoms with E-state index in [-0.39, 0.29) is 5.54 Å². The molecule has 0 heterocycles. The molecule has 1 aromatic rings. The summed E-state index contributed by atoms with van der Waals surface area (Å²) < 4.78 is 26.2. The van der Waals surface area contributed by atoms with Gasteiger partial charge in [0.05, 0.1) is 0 Å². The fraction of sp³-hybridized carbons (Fsp3) is 0.400. The van der Waals surface area contributed by atoms with Gasteiger partial charge in [-0.15, -0.1) is 0 Å². The lowest BCUT2D eigenvalue weighted by Gasteiger charge is -2.15. The lowest BCUT2D eigenvalue weighted by molar-refractivity contribution is 0.468. The van der Waals surface area contributed by atoms with Crippen molar-refractivity contribution in [1.29, 1.82) is 0 Å². The monoisotopic (exact) mass is 183 g/mol. The molecule has 70 valence electrons. The molecule has 1 fully saturated rings. The van der Waals surface area contributed by atoms with Gasteiger partial charge in [-0.2, -0.15) is 0 Å². The van der Waals surface area contributed by atoms with Crippen LogP contribution in [0.1, 0.15) is 18.4 Å². The van der Waals surface area contributed by atoms with E-state index < -0.39 is 11.6 Å². The molecule has 13 heavy (non-hydrogen) atoms. The zero-order valence-corrected chi connectivity index (χ0v) is 7.40. The number of nitrogens with one attached hydrogen (secondary N) is 1. The van der Waals surface area contributed by atoms with Gasteiger partial charge in [-0.05, 0) is 26.0 Å². The van der Waals surface area contributed by atoms with Crippen LogP contribution in [-0.2, 0) is 5.54 Å². The normalized spacial score (nSPS) is 18.7. The van der Waals surface area contributed by atoms with Crippen LogP contribution in [0.2, 0.25) is 0 Å². The molecule has 0 spiro atoms. The Kier molecular flexibility index (Phi) is 1.84. The Bertz CT molecular complexity index is 332. The molecular weight excluding hydrogens is 172 g/mol. The van der Waals surface area contributed by atoms with Crippen molar-refractivity contribution in [2.24, 2.45) is 0 Å². The third kappa shape index (κ3) is 1.23. The van der Waals surface area contributed by atoms with Crippen LogP contribution >= 0.6 is 0 Å². The van der Waals surface area contributed by atoms with E-state index in [1.165, 1.54) is 0 Å². The standard InChI is InChI=1S/C10H11F2N/c1-13-10(5-6-10)7-3-2-4-8(11)9(7)12/h2-4,13H,5-6H2,1H3. The summed E-state index contributed by atoms with van der Waals surface area (Å²) in [5, 5.41) is 3.03. The number of hydrogen-bond acceptors (Lipinski definition) is 1. The van der Waals surface area contributed by atoms with Crippen LogP contribution in [0.4, 0.5) is 8.78 Å². The van der Waals surface area contributed by atoms with Crippen molar-refractivity contribution in [2.75, 3.05) is 7.05 Å². The Labute approximate surface area is 75.8 Å². The lowest BCUT2D eigenvalue weighted by Crippen LogP contribution is -2.26. The first kappa shape index (κ1) is 8.63. The minimum Gasteiger partial charge on any atom is -0.310 e. The van der Waals surface area contributed by atoms with Crippen LogP contribution in [0, 0.1) is 11.6 Å². The highest BCUT2D eigenvalue weighted by molar-refractivity contribution is 5.31. The van der Waals surface area contributed by atoms with E-state index in [1.807, 2.05) is 0 Å². The molecule has 1 aliphatic rings. The van der Waals surface area contributed by atoms with Gasteiger partial charge in [0, 0.05) is 11.1 Å². The van der Waals surface area contributed by atoms with E-state index >= 15 is 0 Å². The zero-order valence-electron chi connectivity index (χ0n) is 7.40. The molecule has 0 aromatic heterocycles. The van der Waals surface area contributed by atoms with Gasteiger partial charge in [0.2, 0.25) is 0 Å². The van der Waals surface area contributed by atoms with E-state index in [0.717, 1.165) is 18.9 Å². The van der Waals surface area contributed by atoms with E-state index in [2.05, 4.69) is 5.32 Å². The molecular formula is C10H11F2N. The van der Waals surface area contributed by atoms with Crippen molar-refractivity contribution < 1.29 is 8.78 Å². The SMILES string of the molecule is CNC1(c2cccc(F)c2F)CC1. The smallest absolute Gasteiger partial charge is 0.163 e. The first-order chi connectivity index (χ1) is 6.19. The molecule has 1 N–H and O–H groups in total. The highest BCUT2D eigenvalue weighted by Crippen LogP contribution is 2.46. The maximum atomic E-state index is 13.3. The lowest BCUT2D eigenvalue weighted by atomic mass is 10.0. The topological polar surface area (TPSA) is 12.0 Å². The predicted molar refractivity (Wildman–Crippen MR) is 46.3 cm³/mol. The van der Waals surface area contributed by atoms with Crippen LogP contribution in [0.3, 0.4) is 0 Å². The maximum absolute atomic E-state index is 13.3. The summed E-state index contributed by atoms with van der Waals surface area (Å²) in [5.41, 5.74) is 0.154. The summed E-state index contributed by atoms with van der Waals surface area (Å²) in [6, 6.07) is 4.33. The third-order valence-electron chi connectivity index (χ3n) is 2.70. The fourth-order valence-corrected chi connectivity index (χ4v) is 1.65. The third-order valence-corrected chi connectivity index (χ3v) is 2.70. The van der Waals surface area contributed by atoms with Gasteiger partial charge in [-0.25, -0.2) is 8.78 Å². The first-order valence-corrected chi connectivity index (χ1v) is 4.33.